The van der Waals surface area contributed by atoms with E-state index >= 15 is 0 Å². The largest absolute Gasteiger partial charge is 0.481 e. The number of alkyl halides is 3. The van der Waals surface area contributed by atoms with Gasteiger partial charge < -0.3 is 15.2 Å². The van der Waals surface area contributed by atoms with Gasteiger partial charge >= 0.3 is 18.1 Å². The lowest BCUT2D eigenvalue weighted by Crippen LogP contribution is -2.55. The van der Waals surface area contributed by atoms with Gasteiger partial charge in [0.2, 0.25) is 0 Å². The van der Waals surface area contributed by atoms with Gasteiger partial charge in [0, 0.05) is 25.4 Å². The molecule has 3 fully saturated rings. The monoisotopic (exact) mass is 333 g/mol. The Bertz CT molecular complexity index is 664. The number of carbonyl (C=O) groups is 2. The molecule has 0 radical (unpaired) electrons. The van der Waals surface area contributed by atoms with Crippen molar-refractivity contribution in [1.82, 2.24) is 15.1 Å². The Morgan fingerprint density at radius 3 is 2.65 bits per heavy atom. The van der Waals surface area contributed by atoms with E-state index in [9.17, 15) is 27.9 Å². The van der Waals surface area contributed by atoms with Gasteiger partial charge in [-0.15, -0.1) is 0 Å². The molecule has 0 spiro atoms. The van der Waals surface area contributed by atoms with Gasteiger partial charge in [0.1, 0.15) is 11.5 Å². The molecular formula is C13H14F3N3O4. The quantitative estimate of drug-likeness (QED) is 0.849. The summed E-state index contributed by atoms with van der Waals surface area (Å²) in [6, 6.07) is 0. The van der Waals surface area contributed by atoms with Crippen molar-refractivity contribution in [2.24, 2.45) is 12.5 Å². The summed E-state index contributed by atoms with van der Waals surface area (Å²) in [5.41, 5.74) is -1.72. The number of aromatic nitrogens is 2. The number of hydrogen-bond acceptors (Lipinski definition) is 4. The van der Waals surface area contributed by atoms with Crippen molar-refractivity contribution in [3.8, 4) is 0 Å². The molecule has 1 aromatic rings. The van der Waals surface area contributed by atoms with Gasteiger partial charge in [-0.25, -0.2) is 0 Å². The Morgan fingerprint density at radius 2 is 2.17 bits per heavy atom. The second-order valence-corrected chi connectivity index (χ2v) is 6.12. The molecule has 4 rings (SSSR count). The maximum atomic E-state index is 12.3. The average Bonchev–Trinajstić information content (AvgIpc) is 3.04. The van der Waals surface area contributed by atoms with Crippen LogP contribution in [0.3, 0.4) is 0 Å². The molecule has 126 valence electrons. The predicted octanol–water partition coefficient (Wildman–Crippen LogP) is 0.773. The van der Waals surface area contributed by atoms with E-state index in [-0.39, 0.29) is 19.4 Å². The molecule has 2 bridgehead atoms. The number of aliphatic carboxylic acids is 1. The molecule has 2 aliphatic heterocycles. The molecule has 1 saturated carbocycles. The van der Waals surface area contributed by atoms with Gasteiger partial charge in [-0.2, -0.15) is 18.3 Å². The van der Waals surface area contributed by atoms with E-state index in [1.165, 1.54) is 10.9 Å². The fraction of sp³-hybridized carbons (Fsp3) is 0.615. The van der Waals surface area contributed by atoms with E-state index in [2.05, 4.69) is 5.10 Å². The predicted molar refractivity (Wildman–Crippen MR) is 68.1 cm³/mol. The number of amides is 1. The normalized spacial score (nSPS) is 32.4. The highest BCUT2D eigenvalue weighted by atomic mass is 19.4. The second-order valence-electron chi connectivity index (χ2n) is 6.12. The van der Waals surface area contributed by atoms with Crippen molar-refractivity contribution in [2.45, 2.75) is 30.7 Å². The molecule has 2 N–H and O–H groups in total. The summed E-state index contributed by atoms with van der Waals surface area (Å²) in [5, 5.41) is 15.2. The number of halogens is 3. The molecule has 1 aromatic heterocycles. The first-order valence-electron chi connectivity index (χ1n) is 6.83. The number of ether oxygens (including phenoxy) is 1. The smallest absolute Gasteiger partial charge is 0.471 e. The molecule has 3 aliphatic rings. The van der Waals surface area contributed by atoms with Gasteiger partial charge in [0.25, 0.3) is 0 Å². The van der Waals surface area contributed by atoms with E-state index in [4.69, 9.17) is 4.74 Å². The Balaban J connectivity index is 1.76. The van der Waals surface area contributed by atoms with Crippen molar-refractivity contribution >= 4 is 11.9 Å². The van der Waals surface area contributed by atoms with E-state index < -0.39 is 35.2 Å². The zero-order valence-corrected chi connectivity index (χ0v) is 12.1. The van der Waals surface area contributed by atoms with Crippen LogP contribution in [0.1, 0.15) is 24.5 Å². The van der Waals surface area contributed by atoms with Crippen molar-refractivity contribution in [3.05, 3.63) is 18.0 Å². The van der Waals surface area contributed by atoms with E-state index in [1.54, 1.807) is 18.6 Å². The van der Waals surface area contributed by atoms with Crippen LogP contribution in [0.2, 0.25) is 0 Å². The van der Waals surface area contributed by atoms with Crippen LogP contribution in [0.5, 0.6) is 0 Å². The van der Waals surface area contributed by atoms with Crippen LogP contribution in [-0.2, 0) is 21.4 Å². The molecule has 10 heteroatoms. The van der Waals surface area contributed by atoms with Crippen molar-refractivity contribution in [1.29, 1.82) is 0 Å². The average molecular weight is 333 g/mol. The molecule has 7 nitrogen and oxygen atoms in total. The molecule has 3 heterocycles. The van der Waals surface area contributed by atoms with E-state index in [1.807, 2.05) is 0 Å². The number of nitrogens with zero attached hydrogens (tertiary/aromatic N) is 2. The third-order valence-corrected chi connectivity index (χ3v) is 4.43. The first kappa shape index (κ1) is 15.8. The maximum Gasteiger partial charge on any atom is 0.471 e. The molecule has 0 aromatic carbocycles. The number of carbonyl (C=O) groups excluding carboxylic acids is 1. The van der Waals surface area contributed by atoms with Crippen LogP contribution in [-0.4, -0.2) is 45.1 Å². The van der Waals surface area contributed by atoms with Crippen LogP contribution >= 0.6 is 0 Å². The van der Waals surface area contributed by atoms with Gasteiger partial charge in [-0.05, 0) is 12.8 Å². The zero-order valence-electron chi connectivity index (χ0n) is 12.1. The Morgan fingerprint density at radius 1 is 1.52 bits per heavy atom. The molecule has 1 atom stereocenters. The van der Waals surface area contributed by atoms with Crippen LogP contribution in [0, 0.1) is 5.41 Å². The summed E-state index contributed by atoms with van der Waals surface area (Å²) < 4.78 is 44.0. The molecule has 1 unspecified atom stereocenters. The number of carboxylic acid groups (broad SMARTS) is 1. The third-order valence-electron chi connectivity index (χ3n) is 4.43. The number of carboxylic acids is 1. The minimum absolute atomic E-state index is 0.0486. The number of aryl methyl sites for hydroxylation is 1. The number of fused-ring (bicyclic) bond motifs is 1. The van der Waals surface area contributed by atoms with Crippen molar-refractivity contribution in [2.75, 3.05) is 6.54 Å². The number of rotatable bonds is 4. The van der Waals surface area contributed by atoms with Crippen LogP contribution in [0.15, 0.2) is 12.4 Å². The third kappa shape index (κ3) is 2.37. The highest BCUT2D eigenvalue weighted by Gasteiger charge is 2.72. The summed E-state index contributed by atoms with van der Waals surface area (Å²) in [5.74, 6) is -3.13. The summed E-state index contributed by atoms with van der Waals surface area (Å²) in [6.45, 7) is -0.378. The molecule has 23 heavy (non-hydrogen) atoms. The Labute approximate surface area is 128 Å². The van der Waals surface area contributed by atoms with Gasteiger partial charge in [-0.1, -0.05) is 0 Å². The van der Waals surface area contributed by atoms with Gasteiger partial charge in [0.15, 0.2) is 0 Å². The lowest BCUT2D eigenvalue weighted by atomic mass is 9.59. The molecule has 1 amide bonds. The lowest BCUT2D eigenvalue weighted by Gasteiger charge is -2.42. The van der Waals surface area contributed by atoms with Crippen LogP contribution < -0.4 is 5.32 Å². The number of hydrogen-bond donors (Lipinski definition) is 2. The minimum atomic E-state index is -4.98. The van der Waals surface area contributed by atoms with Gasteiger partial charge in [0.05, 0.1) is 11.8 Å². The van der Waals surface area contributed by atoms with E-state index in [0.29, 0.717) is 5.56 Å². The SMILES string of the molecule is Cn1cc(C2OC3(CNC(=O)C(F)(F)F)CC2(C(=O)O)C3)cn1. The van der Waals surface area contributed by atoms with Crippen LogP contribution in [0.25, 0.3) is 0 Å². The highest BCUT2D eigenvalue weighted by molar-refractivity contribution is 5.82. The summed E-state index contributed by atoms with van der Waals surface area (Å²) >= 11 is 0. The Hall–Kier alpha value is -2.10. The summed E-state index contributed by atoms with van der Waals surface area (Å²) in [6.07, 6.45) is -2.60. The molecule has 2 saturated heterocycles. The van der Waals surface area contributed by atoms with Crippen molar-refractivity contribution < 1.29 is 32.6 Å². The molecular weight excluding hydrogens is 319 g/mol. The second kappa shape index (κ2) is 4.70. The van der Waals surface area contributed by atoms with Crippen LogP contribution in [0.4, 0.5) is 13.2 Å². The van der Waals surface area contributed by atoms with Gasteiger partial charge in [-0.3, -0.25) is 14.3 Å². The maximum absolute atomic E-state index is 12.3. The fourth-order valence-electron chi connectivity index (χ4n) is 3.46. The topological polar surface area (TPSA) is 93.5 Å². The zero-order chi connectivity index (χ0) is 17.0. The van der Waals surface area contributed by atoms with E-state index in [0.717, 1.165) is 0 Å². The fourth-order valence-corrected chi connectivity index (χ4v) is 3.46. The lowest BCUT2D eigenvalue weighted by molar-refractivity contribution is -0.175. The highest BCUT2D eigenvalue weighted by Crippen LogP contribution is 2.67. The van der Waals surface area contributed by atoms with Crippen molar-refractivity contribution in [3.63, 3.8) is 0 Å². The first-order valence-corrected chi connectivity index (χ1v) is 6.83. The first-order chi connectivity index (χ1) is 10.6. The summed E-state index contributed by atoms with van der Waals surface area (Å²) in [4.78, 5) is 22.5. The number of nitrogens with one attached hydrogen (secondary N) is 1. The summed E-state index contributed by atoms with van der Waals surface area (Å²) in [7, 11) is 1.66. The Kier molecular flexibility index (Phi) is 3.22. The standard InChI is InChI=1S/C13H14F3N3O4/c1-19-3-7(2-18-19)8-12(10(21)22)4-11(5-12,23-8)6-17-9(20)13(14,15)16/h2-3,8H,4-6H2,1H3,(H,17,20)(H,21,22). The minimum Gasteiger partial charge on any atom is -0.481 e. The molecule has 1 aliphatic carbocycles.